The van der Waals surface area contributed by atoms with Crippen molar-refractivity contribution < 1.29 is 4.74 Å². The van der Waals surface area contributed by atoms with Gasteiger partial charge in [-0.15, -0.1) is 0 Å². The normalized spacial score (nSPS) is 12.3. The molecule has 4 heteroatoms. The fourth-order valence-electron chi connectivity index (χ4n) is 1.76. The summed E-state index contributed by atoms with van der Waals surface area (Å²) in [6, 6.07) is 6.64. The minimum Gasteiger partial charge on any atom is -0.475 e. The number of aryl methyl sites for hydroxylation is 1. The molecule has 0 amide bonds. The van der Waals surface area contributed by atoms with Crippen molar-refractivity contribution in [2.45, 2.75) is 52.8 Å². The van der Waals surface area contributed by atoms with Crippen LogP contribution in [-0.2, 0) is 6.54 Å². The van der Waals surface area contributed by atoms with Crippen LogP contribution in [0.5, 0.6) is 5.75 Å². The first-order valence-corrected chi connectivity index (χ1v) is 7.35. The maximum Gasteiger partial charge on any atom is 0.184 e. The van der Waals surface area contributed by atoms with Crippen molar-refractivity contribution in [3.63, 3.8) is 0 Å². The summed E-state index contributed by atoms with van der Waals surface area (Å²) in [7, 11) is 0. The molecule has 0 aromatic heterocycles. The van der Waals surface area contributed by atoms with Crippen LogP contribution in [0, 0.1) is 18.3 Å². The molecule has 0 saturated heterocycles. The second-order valence-electron chi connectivity index (χ2n) is 4.89. The van der Waals surface area contributed by atoms with Crippen molar-refractivity contribution in [3.05, 3.63) is 27.7 Å². The van der Waals surface area contributed by atoms with Crippen LogP contribution in [0.15, 0.2) is 16.6 Å². The summed E-state index contributed by atoms with van der Waals surface area (Å²) in [6.45, 7) is 8.90. The lowest BCUT2D eigenvalue weighted by molar-refractivity contribution is 0.247. The molecule has 0 aliphatic carbocycles. The number of hydrogen-bond donors (Lipinski definition) is 1. The van der Waals surface area contributed by atoms with E-state index in [1.54, 1.807) is 0 Å². The van der Waals surface area contributed by atoms with E-state index in [4.69, 9.17) is 10.00 Å². The molecule has 104 valence electrons. The van der Waals surface area contributed by atoms with Crippen LogP contribution in [0.4, 0.5) is 0 Å². The predicted octanol–water partition coefficient (Wildman–Crippen LogP) is 3.94. The predicted molar refractivity (Wildman–Crippen MR) is 81.2 cm³/mol. The number of halogens is 1. The highest BCUT2D eigenvalue weighted by Crippen LogP contribution is 2.29. The van der Waals surface area contributed by atoms with Crippen molar-refractivity contribution in [2.75, 3.05) is 0 Å². The smallest absolute Gasteiger partial charge is 0.184 e. The average molecular weight is 325 g/mol. The zero-order valence-corrected chi connectivity index (χ0v) is 13.5. The van der Waals surface area contributed by atoms with Crippen LogP contribution in [0.25, 0.3) is 0 Å². The number of hydrogen-bond acceptors (Lipinski definition) is 3. The Bertz CT molecular complexity index is 466. The molecule has 0 aliphatic rings. The van der Waals surface area contributed by atoms with Crippen molar-refractivity contribution >= 4 is 15.9 Å². The zero-order valence-electron chi connectivity index (χ0n) is 12.0. The van der Waals surface area contributed by atoms with Crippen LogP contribution in [0.1, 0.15) is 38.3 Å². The number of nitrogens with one attached hydrogen (secondary N) is 1. The van der Waals surface area contributed by atoms with Gasteiger partial charge in [0.05, 0.1) is 0 Å². The highest BCUT2D eigenvalue weighted by atomic mass is 79.9. The van der Waals surface area contributed by atoms with Crippen LogP contribution in [0.2, 0.25) is 0 Å². The van der Waals surface area contributed by atoms with Crippen LogP contribution in [0.3, 0.4) is 0 Å². The number of ether oxygens (including phenoxy) is 1. The summed E-state index contributed by atoms with van der Waals surface area (Å²) in [5.41, 5.74) is 2.12. The molecule has 1 rings (SSSR count). The van der Waals surface area contributed by atoms with E-state index in [9.17, 15) is 0 Å². The SMILES string of the molecule is CCC(C#N)Oc1c(C)cc(Br)cc1CNC(C)C. The van der Waals surface area contributed by atoms with Crippen LogP contribution < -0.4 is 10.1 Å². The Hall–Kier alpha value is -1.05. The van der Waals surface area contributed by atoms with E-state index in [1.807, 2.05) is 26.0 Å². The monoisotopic (exact) mass is 324 g/mol. The Labute approximate surface area is 124 Å². The maximum atomic E-state index is 9.04. The molecule has 0 spiro atoms. The molecule has 19 heavy (non-hydrogen) atoms. The van der Waals surface area contributed by atoms with E-state index in [1.165, 1.54) is 0 Å². The fraction of sp³-hybridized carbons (Fsp3) is 0.533. The zero-order chi connectivity index (χ0) is 14.4. The van der Waals surface area contributed by atoms with E-state index in [2.05, 4.69) is 41.2 Å². The minimum atomic E-state index is -0.391. The van der Waals surface area contributed by atoms with Gasteiger partial charge in [-0.05, 0) is 31.0 Å². The van der Waals surface area contributed by atoms with Gasteiger partial charge in [0.1, 0.15) is 11.8 Å². The van der Waals surface area contributed by atoms with Gasteiger partial charge in [0, 0.05) is 22.6 Å². The molecule has 1 aromatic carbocycles. The summed E-state index contributed by atoms with van der Waals surface area (Å²) < 4.78 is 6.87. The van der Waals surface area contributed by atoms with E-state index >= 15 is 0 Å². The number of rotatable bonds is 6. The Morgan fingerprint density at radius 2 is 2.11 bits per heavy atom. The lowest BCUT2D eigenvalue weighted by Crippen LogP contribution is -2.23. The largest absolute Gasteiger partial charge is 0.475 e. The first kappa shape index (κ1) is 16.0. The minimum absolute atomic E-state index is 0.391. The molecule has 3 nitrogen and oxygen atoms in total. The number of nitrogens with zero attached hydrogens (tertiary/aromatic N) is 1. The molecule has 1 atom stereocenters. The van der Waals surface area contributed by atoms with E-state index in [0.29, 0.717) is 12.5 Å². The highest BCUT2D eigenvalue weighted by molar-refractivity contribution is 9.10. The van der Waals surface area contributed by atoms with Gasteiger partial charge in [0.15, 0.2) is 6.10 Å². The third-order valence-corrected chi connectivity index (χ3v) is 3.25. The van der Waals surface area contributed by atoms with Crippen molar-refractivity contribution in [1.29, 1.82) is 5.26 Å². The summed E-state index contributed by atoms with van der Waals surface area (Å²) in [6.07, 6.45) is 0.293. The van der Waals surface area contributed by atoms with E-state index < -0.39 is 6.10 Å². The topological polar surface area (TPSA) is 45.0 Å². The van der Waals surface area contributed by atoms with Crippen molar-refractivity contribution in [3.8, 4) is 11.8 Å². The van der Waals surface area contributed by atoms with E-state index in [-0.39, 0.29) is 0 Å². The number of benzene rings is 1. The third kappa shape index (κ3) is 4.85. The van der Waals surface area contributed by atoms with E-state index in [0.717, 1.165) is 27.9 Å². The van der Waals surface area contributed by atoms with Gasteiger partial charge in [-0.25, -0.2) is 0 Å². The van der Waals surface area contributed by atoms with Crippen molar-refractivity contribution in [2.24, 2.45) is 0 Å². The van der Waals surface area contributed by atoms with Gasteiger partial charge in [0.25, 0.3) is 0 Å². The van der Waals surface area contributed by atoms with Crippen LogP contribution in [-0.4, -0.2) is 12.1 Å². The Morgan fingerprint density at radius 3 is 2.63 bits per heavy atom. The molecular weight excluding hydrogens is 304 g/mol. The molecule has 0 bridgehead atoms. The van der Waals surface area contributed by atoms with Crippen molar-refractivity contribution in [1.82, 2.24) is 5.32 Å². The first-order chi connectivity index (χ1) is 8.97. The summed E-state index contributed by atoms with van der Waals surface area (Å²) in [5, 5.41) is 12.4. The Balaban J connectivity index is 3.02. The molecule has 0 aliphatic heterocycles. The number of nitriles is 1. The first-order valence-electron chi connectivity index (χ1n) is 6.56. The lowest BCUT2D eigenvalue weighted by atomic mass is 10.1. The summed E-state index contributed by atoms with van der Waals surface area (Å²) in [5.74, 6) is 0.824. The molecule has 1 unspecified atom stereocenters. The molecule has 1 N–H and O–H groups in total. The van der Waals surface area contributed by atoms with Crippen LogP contribution >= 0.6 is 15.9 Å². The second kappa shape index (κ2) is 7.52. The van der Waals surface area contributed by atoms with Gasteiger partial charge in [-0.1, -0.05) is 36.7 Å². The Kier molecular flexibility index (Phi) is 6.33. The van der Waals surface area contributed by atoms with Gasteiger partial charge < -0.3 is 10.1 Å². The lowest BCUT2D eigenvalue weighted by Gasteiger charge is -2.18. The van der Waals surface area contributed by atoms with Gasteiger partial charge in [0.2, 0.25) is 0 Å². The molecule has 0 radical (unpaired) electrons. The summed E-state index contributed by atoms with van der Waals surface area (Å²) >= 11 is 3.51. The standard InChI is InChI=1S/C15H21BrN2O/c1-5-14(8-17)19-15-11(4)6-13(16)7-12(15)9-18-10(2)3/h6-7,10,14,18H,5,9H2,1-4H3. The highest BCUT2D eigenvalue weighted by Gasteiger charge is 2.14. The summed E-state index contributed by atoms with van der Waals surface area (Å²) in [4.78, 5) is 0. The Morgan fingerprint density at radius 1 is 1.42 bits per heavy atom. The quantitative estimate of drug-likeness (QED) is 0.862. The van der Waals surface area contributed by atoms with Gasteiger partial charge in [-0.2, -0.15) is 5.26 Å². The molecule has 0 heterocycles. The third-order valence-electron chi connectivity index (χ3n) is 2.79. The molecule has 1 aromatic rings. The maximum absolute atomic E-state index is 9.04. The molecule has 0 saturated carbocycles. The second-order valence-corrected chi connectivity index (χ2v) is 5.81. The van der Waals surface area contributed by atoms with Gasteiger partial charge in [-0.3, -0.25) is 0 Å². The molecule has 0 fully saturated rings. The van der Waals surface area contributed by atoms with Gasteiger partial charge >= 0.3 is 0 Å². The fourth-order valence-corrected chi connectivity index (χ4v) is 2.38. The molecular formula is C15H21BrN2O. The average Bonchev–Trinajstić information content (AvgIpc) is 2.35.